The van der Waals surface area contributed by atoms with E-state index < -0.39 is 16.9 Å². The summed E-state index contributed by atoms with van der Waals surface area (Å²) in [7, 11) is 0. The predicted octanol–water partition coefficient (Wildman–Crippen LogP) is 0.741. The zero-order valence-electron chi connectivity index (χ0n) is 16.8. The van der Waals surface area contributed by atoms with Crippen LogP contribution in [0.1, 0.15) is 24.2 Å². The first-order valence-corrected chi connectivity index (χ1v) is 9.25. The second-order valence-electron chi connectivity index (χ2n) is 6.09. The Hall–Kier alpha value is -3.17. The van der Waals surface area contributed by atoms with Crippen molar-refractivity contribution in [2.75, 3.05) is 36.9 Å². The van der Waals surface area contributed by atoms with Gasteiger partial charge in [-0.3, -0.25) is 10.1 Å². The van der Waals surface area contributed by atoms with Gasteiger partial charge in [-0.05, 0) is 43.4 Å². The minimum absolute atomic E-state index is 0. The predicted molar refractivity (Wildman–Crippen MR) is 110 cm³/mol. The molecule has 2 amide bonds. The van der Waals surface area contributed by atoms with E-state index in [-0.39, 0.29) is 23.8 Å². The Morgan fingerprint density at radius 2 is 1.67 bits per heavy atom. The summed E-state index contributed by atoms with van der Waals surface area (Å²) in [6.07, 6.45) is 0. The number of hydrogen-bond acceptors (Lipinski definition) is 6. The van der Waals surface area contributed by atoms with Crippen molar-refractivity contribution in [3.63, 3.8) is 0 Å². The molecule has 10 heteroatoms. The number of hydrogen-bond donors (Lipinski definition) is 2. The first kappa shape index (κ1) is 24.9. The number of nitro benzene ring substituents is 1. The molecule has 0 radical (unpaired) electrons. The first-order chi connectivity index (χ1) is 13.9. The maximum Gasteiger partial charge on any atom is 0.338 e. The van der Waals surface area contributed by atoms with Crippen LogP contribution in [0, 0.1) is 10.1 Å². The van der Waals surface area contributed by atoms with E-state index in [2.05, 4.69) is 15.5 Å². The standard InChI is InChI=1S/C20H24N4O5.ClH/c1-3-23(4-2)13-14-29-19(25)15-9-11-16(12-10-15)21-20(26)22-17-7-5-6-8-18(17)24(27)28;/h5-12H,3-4,13-14H2,1-2H3,(H2,21,22,26);1H/p-1. The lowest BCUT2D eigenvalue weighted by Gasteiger charge is -2.17. The van der Waals surface area contributed by atoms with Gasteiger partial charge in [0.2, 0.25) is 0 Å². The van der Waals surface area contributed by atoms with Crippen LogP contribution in [0.15, 0.2) is 48.5 Å². The van der Waals surface area contributed by atoms with E-state index in [0.717, 1.165) is 13.1 Å². The van der Waals surface area contributed by atoms with Gasteiger partial charge in [-0.25, -0.2) is 9.59 Å². The third-order valence-corrected chi connectivity index (χ3v) is 4.26. The second kappa shape index (κ2) is 12.4. The molecule has 0 unspecified atom stereocenters. The number of carbonyl (C=O) groups excluding carboxylic acids is 2. The van der Waals surface area contributed by atoms with Gasteiger partial charge in [0.1, 0.15) is 12.3 Å². The number of ether oxygens (including phenoxy) is 1. The summed E-state index contributed by atoms with van der Waals surface area (Å²) in [5.41, 5.74) is 0.684. The summed E-state index contributed by atoms with van der Waals surface area (Å²) in [5.74, 6) is -0.437. The summed E-state index contributed by atoms with van der Waals surface area (Å²) in [6, 6.07) is 11.4. The first-order valence-electron chi connectivity index (χ1n) is 9.25. The summed E-state index contributed by atoms with van der Waals surface area (Å²) < 4.78 is 5.25. The number of nitrogens with one attached hydrogen (secondary N) is 2. The van der Waals surface area contributed by atoms with Gasteiger partial charge in [0.25, 0.3) is 5.69 Å². The summed E-state index contributed by atoms with van der Waals surface area (Å²) in [5, 5.41) is 16.0. The largest absolute Gasteiger partial charge is 1.00 e. The summed E-state index contributed by atoms with van der Waals surface area (Å²) >= 11 is 0. The van der Waals surface area contributed by atoms with Crippen LogP contribution in [0.25, 0.3) is 0 Å². The van der Waals surface area contributed by atoms with Gasteiger partial charge in [-0.1, -0.05) is 26.0 Å². The number of urea groups is 1. The minimum atomic E-state index is -0.631. The highest BCUT2D eigenvalue weighted by Gasteiger charge is 2.15. The lowest BCUT2D eigenvalue weighted by atomic mass is 10.2. The molecule has 0 aliphatic rings. The number of para-hydroxylation sites is 2. The van der Waals surface area contributed by atoms with E-state index in [9.17, 15) is 19.7 Å². The molecule has 2 aromatic rings. The van der Waals surface area contributed by atoms with Crippen LogP contribution in [0.3, 0.4) is 0 Å². The third-order valence-electron chi connectivity index (χ3n) is 4.26. The van der Waals surface area contributed by atoms with E-state index in [1.165, 1.54) is 18.2 Å². The molecule has 0 saturated carbocycles. The van der Waals surface area contributed by atoms with Crippen LogP contribution in [0.4, 0.5) is 21.9 Å². The normalized spacial score (nSPS) is 10.1. The van der Waals surface area contributed by atoms with Gasteiger partial charge >= 0.3 is 12.0 Å². The average Bonchev–Trinajstić information content (AvgIpc) is 2.71. The Kier molecular flexibility index (Phi) is 10.3. The topological polar surface area (TPSA) is 114 Å². The highest BCUT2D eigenvalue weighted by Crippen LogP contribution is 2.23. The lowest BCUT2D eigenvalue weighted by molar-refractivity contribution is -0.383. The molecule has 0 atom stereocenters. The van der Waals surface area contributed by atoms with Gasteiger partial charge in [0.15, 0.2) is 0 Å². The van der Waals surface area contributed by atoms with Crippen LogP contribution in [-0.4, -0.2) is 48.1 Å². The fourth-order valence-electron chi connectivity index (χ4n) is 2.60. The molecule has 0 aromatic heterocycles. The Morgan fingerprint density at radius 1 is 1.03 bits per heavy atom. The van der Waals surface area contributed by atoms with Crippen molar-refractivity contribution in [3.05, 3.63) is 64.2 Å². The number of halogens is 1. The fraction of sp³-hybridized carbons (Fsp3) is 0.300. The maximum atomic E-state index is 12.1. The van der Waals surface area contributed by atoms with Crippen molar-refractivity contribution >= 4 is 29.1 Å². The Morgan fingerprint density at radius 3 is 2.27 bits per heavy atom. The number of rotatable bonds is 9. The van der Waals surface area contributed by atoms with E-state index in [0.29, 0.717) is 24.4 Å². The number of likely N-dealkylation sites (N-methyl/N-ethyl adjacent to an activating group) is 1. The molecule has 0 spiro atoms. The Bertz CT molecular complexity index is 857. The van der Waals surface area contributed by atoms with E-state index in [1.54, 1.807) is 30.3 Å². The zero-order chi connectivity index (χ0) is 21.2. The van der Waals surface area contributed by atoms with Crippen molar-refractivity contribution in [2.24, 2.45) is 0 Å². The molecule has 0 aliphatic carbocycles. The van der Waals surface area contributed by atoms with Crippen molar-refractivity contribution < 1.29 is 31.7 Å². The lowest BCUT2D eigenvalue weighted by Crippen LogP contribution is -3.00. The molecule has 0 heterocycles. The Labute approximate surface area is 181 Å². The van der Waals surface area contributed by atoms with Crippen molar-refractivity contribution in [1.82, 2.24) is 4.90 Å². The average molecular weight is 436 g/mol. The van der Waals surface area contributed by atoms with Gasteiger partial charge < -0.3 is 32.7 Å². The van der Waals surface area contributed by atoms with Crippen molar-refractivity contribution in [1.29, 1.82) is 0 Å². The van der Waals surface area contributed by atoms with Crippen LogP contribution in [0.2, 0.25) is 0 Å². The maximum absolute atomic E-state index is 12.1. The van der Waals surface area contributed by atoms with Gasteiger partial charge in [0.05, 0.1) is 10.5 Å². The van der Waals surface area contributed by atoms with Crippen LogP contribution in [-0.2, 0) is 4.74 Å². The third kappa shape index (κ3) is 7.34. The molecular formula is C20H24ClN4O5-. The van der Waals surface area contributed by atoms with Crippen LogP contribution >= 0.6 is 0 Å². The molecule has 9 nitrogen and oxygen atoms in total. The van der Waals surface area contributed by atoms with Gasteiger partial charge in [-0.15, -0.1) is 0 Å². The smallest absolute Gasteiger partial charge is 0.338 e. The highest BCUT2D eigenvalue weighted by atomic mass is 35.5. The van der Waals surface area contributed by atoms with Gasteiger partial charge in [-0.2, -0.15) is 0 Å². The molecule has 0 bridgehead atoms. The number of benzene rings is 2. The van der Waals surface area contributed by atoms with E-state index in [4.69, 9.17) is 4.74 Å². The molecule has 0 aliphatic heterocycles. The monoisotopic (exact) mass is 435 g/mol. The van der Waals surface area contributed by atoms with Crippen molar-refractivity contribution in [3.8, 4) is 0 Å². The van der Waals surface area contributed by atoms with Crippen LogP contribution in [0.5, 0.6) is 0 Å². The quantitative estimate of drug-likeness (QED) is 0.341. The number of esters is 1. The zero-order valence-corrected chi connectivity index (χ0v) is 17.5. The molecule has 2 N–H and O–H groups in total. The SMILES string of the molecule is CCN(CC)CCOC(=O)c1ccc(NC(=O)Nc2ccccc2[N+](=O)[O-])cc1.[Cl-]. The Balaban J connectivity index is 0.00000450. The molecule has 2 aromatic carbocycles. The number of nitro groups is 1. The number of nitrogens with zero attached hydrogens (tertiary/aromatic N) is 2. The number of amides is 2. The summed E-state index contributed by atoms with van der Waals surface area (Å²) in [4.78, 5) is 36.7. The van der Waals surface area contributed by atoms with Gasteiger partial charge in [0, 0.05) is 18.3 Å². The number of anilines is 2. The fourth-order valence-corrected chi connectivity index (χ4v) is 2.60. The molecular weight excluding hydrogens is 412 g/mol. The molecule has 0 saturated heterocycles. The van der Waals surface area contributed by atoms with Crippen molar-refractivity contribution in [2.45, 2.75) is 13.8 Å². The summed E-state index contributed by atoms with van der Waals surface area (Å²) in [6.45, 7) is 6.85. The molecule has 30 heavy (non-hydrogen) atoms. The second-order valence-corrected chi connectivity index (χ2v) is 6.09. The number of carbonyl (C=O) groups is 2. The molecule has 0 fully saturated rings. The molecule has 162 valence electrons. The minimum Gasteiger partial charge on any atom is -1.00 e. The molecule has 2 rings (SSSR count). The van der Waals surface area contributed by atoms with E-state index in [1.807, 2.05) is 13.8 Å². The van der Waals surface area contributed by atoms with Crippen LogP contribution < -0.4 is 23.0 Å². The van der Waals surface area contributed by atoms with E-state index >= 15 is 0 Å². The highest BCUT2D eigenvalue weighted by molar-refractivity contribution is 6.01.